The van der Waals surface area contributed by atoms with Crippen LogP contribution in [0.5, 0.6) is 0 Å². The van der Waals surface area contributed by atoms with Crippen LogP contribution >= 0.6 is 0 Å². The lowest BCUT2D eigenvalue weighted by Crippen LogP contribution is -2.44. The number of esters is 1. The predicted octanol–water partition coefficient (Wildman–Crippen LogP) is 4.00. The molecule has 25 heavy (non-hydrogen) atoms. The number of hydrogen-bond acceptors (Lipinski definition) is 4. The number of ketones is 1. The van der Waals surface area contributed by atoms with Crippen LogP contribution < -0.4 is 0 Å². The molecule has 0 N–H and O–H groups in total. The number of ether oxygens (including phenoxy) is 2. The molecule has 0 saturated heterocycles. The van der Waals surface area contributed by atoms with Gasteiger partial charge in [-0.15, -0.1) is 0 Å². The van der Waals surface area contributed by atoms with Crippen LogP contribution in [-0.4, -0.2) is 18.0 Å². The first kappa shape index (κ1) is 17.1. The molecule has 0 saturated carbocycles. The third-order valence-corrected chi connectivity index (χ3v) is 4.36. The fraction of sp³-hybridized carbons (Fsp3) is 0.238. The van der Waals surface area contributed by atoms with Crippen LogP contribution in [0.2, 0.25) is 0 Å². The first-order chi connectivity index (χ1) is 12.0. The first-order valence-electron chi connectivity index (χ1n) is 8.29. The Morgan fingerprint density at radius 2 is 1.72 bits per heavy atom. The van der Waals surface area contributed by atoms with Gasteiger partial charge >= 0.3 is 5.97 Å². The Balaban J connectivity index is 1.93. The normalized spacial score (nSPS) is 22.6. The number of carbonyl (C=O) groups is 2. The molecule has 128 valence electrons. The van der Waals surface area contributed by atoms with Crippen LogP contribution in [0.15, 0.2) is 66.7 Å². The summed E-state index contributed by atoms with van der Waals surface area (Å²) in [5, 5.41) is 0. The molecule has 0 aliphatic carbocycles. The Morgan fingerprint density at radius 1 is 1.08 bits per heavy atom. The molecule has 1 aliphatic rings. The molecule has 0 bridgehead atoms. The molecule has 0 fully saturated rings. The summed E-state index contributed by atoms with van der Waals surface area (Å²) in [6.45, 7) is 3.20. The van der Waals surface area contributed by atoms with E-state index in [1.165, 1.54) is 19.1 Å². The van der Waals surface area contributed by atoms with Crippen LogP contribution in [-0.2, 0) is 24.7 Å². The molecule has 4 heteroatoms. The Bertz CT molecular complexity index is 792. The number of rotatable bonds is 4. The van der Waals surface area contributed by atoms with Crippen LogP contribution in [0, 0.1) is 0 Å². The summed E-state index contributed by atoms with van der Waals surface area (Å²) >= 11 is 0. The monoisotopic (exact) mass is 336 g/mol. The highest BCUT2D eigenvalue weighted by molar-refractivity contribution is 5.98. The minimum absolute atomic E-state index is 0.147. The van der Waals surface area contributed by atoms with E-state index in [0.717, 1.165) is 16.7 Å². The maximum Gasteiger partial charge on any atom is 0.305 e. The van der Waals surface area contributed by atoms with Crippen molar-refractivity contribution < 1.29 is 19.1 Å². The van der Waals surface area contributed by atoms with E-state index in [0.29, 0.717) is 6.42 Å². The average Bonchev–Trinajstić information content (AvgIpc) is 2.64. The van der Waals surface area contributed by atoms with Gasteiger partial charge in [0.1, 0.15) is 0 Å². The molecule has 4 nitrogen and oxygen atoms in total. The van der Waals surface area contributed by atoms with Crippen molar-refractivity contribution in [1.82, 2.24) is 0 Å². The van der Waals surface area contributed by atoms with Gasteiger partial charge in [-0.1, -0.05) is 61.5 Å². The standard InChI is InChI=1S/C21H20O4/c1-3-21(19(23)13-14-20(25-21)24-15(2)22)18-11-9-17(10-12-18)16-7-5-4-6-8-16/h4-14,20H,3H2,1-2H3/t20-,21-/m0/s1. The summed E-state index contributed by atoms with van der Waals surface area (Å²) in [6, 6.07) is 17.7. The summed E-state index contributed by atoms with van der Waals surface area (Å²) in [4.78, 5) is 23.8. The molecule has 0 unspecified atom stereocenters. The predicted molar refractivity (Wildman–Crippen MR) is 94.6 cm³/mol. The molecular formula is C21H20O4. The van der Waals surface area contributed by atoms with Crippen LogP contribution in [0.25, 0.3) is 11.1 Å². The molecule has 2 aromatic carbocycles. The molecule has 0 radical (unpaired) electrons. The van der Waals surface area contributed by atoms with Crippen molar-refractivity contribution in [1.29, 1.82) is 0 Å². The van der Waals surface area contributed by atoms with Crippen LogP contribution in [0.3, 0.4) is 0 Å². The van der Waals surface area contributed by atoms with Gasteiger partial charge in [0.25, 0.3) is 0 Å². The third-order valence-electron chi connectivity index (χ3n) is 4.36. The summed E-state index contributed by atoms with van der Waals surface area (Å²) < 4.78 is 11.0. The van der Waals surface area contributed by atoms with Gasteiger partial charge in [-0.05, 0) is 35.3 Å². The summed E-state index contributed by atoms with van der Waals surface area (Å²) in [6.07, 6.45) is 2.49. The minimum atomic E-state index is -1.13. The van der Waals surface area contributed by atoms with E-state index >= 15 is 0 Å². The molecule has 2 atom stereocenters. The van der Waals surface area contributed by atoms with Crippen molar-refractivity contribution in [3.05, 3.63) is 72.3 Å². The van der Waals surface area contributed by atoms with E-state index < -0.39 is 17.9 Å². The van der Waals surface area contributed by atoms with Crippen molar-refractivity contribution in [2.45, 2.75) is 32.2 Å². The lowest BCUT2D eigenvalue weighted by atomic mass is 9.84. The molecular weight excluding hydrogens is 316 g/mol. The van der Waals surface area contributed by atoms with Gasteiger partial charge in [-0.3, -0.25) is 9.59 Å². The Hall–Kier alpha value is -2.72. The molecule has 3 rings (SSSR count). The van der Waals surface area contributed by atoms with Crippen molar-refractivity contribution in [2.75, 3.05) is 0 Å². The van der Waals surface area contributed by atoms with E-state index in [1.54, 1.807) is 0 Å². The highest BCUT2D eigenvalue weighted by atomic mass is 16.7. The quantitative estimate of drug-likeness (QED) is 0.792. The number of carbonyl (C=O) groups excluding carboxylic acids is 2. The molecule has 2 aromatic rings. The van der Waals surface area contributed by atoms with E-state index in [1.807, 2.05) is 61.5 Å². The molecule has 0 spiro atoms. The number of benzene rings is 2. The molecule has 0 aromatic heterocycles. The maximum absolute atomic E-state index is 12.6. The van der Waals surface area contributed by atoms with Gasteiger partial charge < -0.3 is 9.47 Å². The van der Waals surface area contributed by atoms with Gasteiger partial charge in [0.15, 0.2) is 11.4 Å². The smallest absolute Gasteiger partial charge is 0.305 e. The molecule has 1 aliphatic heterocycles. The van der Waals surface area contributed by atoms with Crippen molar-refractivity contribution >= 4 is 11.8 Å². The summed E-state index contributed by atoms with van der Waals surface area (Å²) in [5.74, 6) is -0.598. The van der Waals surface area contributed by atoms with Gasteiger partial charge in [-0.25, -0.2) is 0 Å². The lowest BCUT2D eigenvalue weighted by molar-refractivity contribution is -0.203. The van der Waals surface area contributed by atoms with Gasteiger partial charge in [-0.2, -0.15) is 0 Å². The zero-order chi connectivity index (χ0) is 17.9. The van der Waals surface area contributed by atoms with Crippen LogP contribution in [0.4, 0.5) is 0 Å². The van der Waals surface area contributed by atoms with E-state index in [2.05, 4.69) is 0 Å². The Morgan fingerprint density at radius 3 is 2.32 bits per heavy atom. The van der Waals surface area contributed by atoms with Gasteiger partial charge in [0.05, 0.1) is 0 Å². The Kier molecular flexibility index (Phi) is 4.81. The maximum atomic E-state index is 12.6. The van der Waals surface area contributed by atoms with Gasteiger partial charge in [0, 0.05) is 6.92 Å². The minimum Gasteiger partial charge on any atom is -0.432 e. The topological polar surface area (TPSA) is 52.6 Å². The highest BCUT2D eigenvalue weighted by Crippen LogP contribution is 2.36. The lowest BCUT2D eigenvalue weighted by Gasteiger charge is -2.36. The van der Waals surface area contributed by atoms with E-state index in [-0.39, 0.29) is 5.78 Å². The molecule has 1 heterocycles. The second-order valence-electron chi connectivity index (χ2n) is 5.94. The van der Waals surface area contributed by atoms with Crippen molar-refractivity contribution in [3.63, 3.8) is 0 Å². The second-order valence-corrected chi connectivity index (χ2v) is 5.94. The van der Waals surface area contributed by atoms with E-state index in [4.69, 9.17) is 9.47 Å². The zero-order valence-corrected chi connectivity index (χ0v) is 14.3. The summed E-state index contributed by atoms with van der Waals surface area (Å²) in [7, 11) is 0. The van der Waals surface area contributed by atoms with E-state index in [9.17, 15) is 9.59 Å². The molecule has 0 amide bonds. The van der Waals surface area contributed by atoms with Crippen LogP contribution in [0.1, 0.15) is 25.8 Å². The largest absolute Gasteiger partial charge is 0.432 e. The average molecular weight is 336 g/mol. The first-order valence-corrected chi connectivity index (χ1v) is 8.29. The zero-order valence-electron chi connectivity index (χ0n) is 14.3. The highest BCUT2D eigenvalue weighted by Gasteiger charge is 2.43. The second kappa shape index (κ2) is 7.03. The van der Waals surface area contributed by atoms with Crippen molar-refractivity contribution in [2.24, 2.45) is 0 Å². The van der Waals surface area contributed by atoms with Crippen molar-refractivity contribution in [3.8, 4) is 11.1 Å². The SMILES string of the molecule is CC[C@@]1(c2ccc(-c3ccccc3)cc2)O[C@H](OC(C)=O)C=CC1=O. The summed E-state index contributed by atoms with van der Waals surface area (Å²) in [5.41, 5.74) is 1.78. The van der Waals surface area contributed by atoms with Gasteiger partial charge in [0.2, 0.25) is 6.29 Å². The number of hydrogen-bond donors (Lipinski definition) is 0. The Labute approximate surface area is 147 Å². The fourth-order valence-electron chi connectivity index (χ4n) is 3.06. The fourth-order valence-corrected chi connectivity index (χ4v) is 3.06. The third kappa shape index (κ3) is 3.39.